The van der Waals surface area contributed by atoms with Gasteiger partial charge in [-0.05, 0) is 88.4 Å². The molecule has 4 aromatic carbocycles. The van der Waals surface area contributed by atoms with E-state index in [0.29, 0.717) is 101 Å². The summed E-state index contributed by atoms with van der Waals surface area (Å²) in [6.07, 6.45) is 1.30. The zero-order valence-electron chi connectivity index (χ0n) is 46.2. The molecular weight excluding hydrogens is 933 g/mol. The lowest BCUT2D eigenvalue weighted by atomic mass is 9.79. The number of amides is 4. The molecule has 2 heterocycles. The van der Waals surface area contributed by atoms with Crippen LogP contribution >= 0.6 is 0 Å². The van der Waals surface area contributed by atoms with E-state index in [9.17, 15) is 19.2 Å². The lowest BCUT2D eigenvalue weighted by Gasteiger charge is -2.29. The molecular formula is C60H82N6O8. The van der Waals surface area contributed by atoms with Crippen LogP contribution < -0.4 is 50.8 Å². The van der Waals surface area contributed by atoms with Gasteiger partial charge in [-0.15, -0.1) is 0 Å². The third kappa shape index (κ3) is 14.6. The van der Waals surface area contributed by atoms with Crippen molar-refractivity contribution < 1.29 is 38.1 Å². The smallest absolute Gasteiger partial charge is 0.257 e. The van der Waals surface area contributed by atoms with Gasteiger partial charge in [0, 0.05) is 78.0 Å². The Morgan fingerprint density at radius 2 is 0.473 bits per heavy atom. The van der Waals surface area contributed by atoms with Crippen LogP contribution in [0.5, 0.6) is 23.0 Å². The first-order valence-corrected chi connectivity index (χ1v) is 26.5. The molecule has 0 radical (unpaired) electrons. The number of hydrogen-bond donors (Lipinski definition) is 6. The zero-order chi connectivity index (χ0) is 53.6. The van der Waals surface area contributed by atoms with Gasteiger partial charge in [0.05, 0.1) is 0 Å². The van der Waals surface area contributed by atoms with Gasteiger partial charge in [0.2, 0.25) is 0 Å². The van der Waals surface area contributed by atoms with Crippen LogP contribution in [0, 0.1) is 0 Å². The average Bonchev–Trinajstić information content (AvgIpc) is 3.29. The normalized spacial score (nSPS) is 17.5. The van der Waals surface area contributed by atoms with Gasteiger partial charge >= 0.3 is 0 Å². The molecule has 0 saturated carbocycles. The van der Waals surface area contributed by atoms with Gasteiger partial charge in [-0.25, -0.2) is 0 Å². The number of benzene rings is 4. The van der Waals surface area contributed by atoms with Crippen LogP contribution in [-0.4, -0.2) is 102 Å². The summed E-state index contributed by atoms with van der Waals surface area (Å²) in [6.45, 7) is 28.8. The average molecular weight is 1020 g/mol. The van der Waals surface area contributed by atoms with Gasteiger partial charge in [0.25, 0.3) is 23.6 Å². The summed E-state index contributed by atoms with van der Waals surface area (Å²) in [6, 6.07) is 17.5. The number of nitrogens with one attached hydrogen (secondary N) is 6. The second-order valence-corrected chi connectivity index (χ2v) is 24.3. The van der Waals surface area contributed by atoms with Crippen molar-refractivity contribution in [2.45, 2.75) is 130 Å². The molecule has 0 unspecified atom stereocenters. The fourth-order valence-electron chi connectivity index (χ4n) is 9.53. The molecule has 4 amide bonds. The summed E-state index contributed by atoms with van der Waals surface area (Å²) in [7, 11) is 0. The predicted octanol–water partition coefficient (Wildman–Crippen LogP) is 6.74. The minimum absolute atomic E-state index is 0.223. The molecule has 14 nitrogen and oxygen atoms in total. The Hall–Kier alpha value is -6.12. The van der Waals surface area contributed by atoms with Crippen LogP contribution in [0.25, 0.3) is 0 Å². The summed E-state index contributed by atoms with van der Waals surface area (Å²) in [5, 5.41) is 18.6. The highest BCUT2D eigenvalue weighted by Gasteiger charge is 2.30. The molecule has 2 aliphatic heterocycles. The highest BCUT2D eigenvalue weighted by atomic mass is 16.5. The Balaban J connectivity index is 1.63. The van der Waals surface area contributed by atoms with Crippen molar-refractivity contribution >= 4 is 23.6 Å². The van der Waals surface area contributed by atoms with Crippen LogP contribution in [-0.2, 0) is 66.5 Å². The lowest BCUT2D eigenvalue weighted by molar-refractivity contribution is -0.123. The van der Waals surface area contributed by atoms with Gasteiger partial charge < -0.3 is 50.8 Å². The van der Waals surface area contributed by atoms with Crippen molar-refractivity contribution in [3.63, 3.8) is 0 Å². The molecule has 0 saturated heterocycles. The third-order valence-corrected chi connectivity index (χ3v) is 13.8. The van der Waals surface area contributed by atoms with Crippen LogP contribution in [0.4, 0.5) is 0 Å². The van der Waals surface area contributed by atoms with Crippen molar-refractivity contribution in [2.75, 3.05) is 78.8 Å². The number of hydrogen-bond acceptors (Lipinski definition) is 10. The van der Waals surface area contributed by atoms with E-state index in [1.54, 1.807) is 0 Å². The highest BCUT2D eigenvalue weighted by molar-refractivity contribution is 5.79. The summed E-state index contributed by atoms with van der Waals surface area (Å²) < 4.78 is 27.4. The molecule has 0 aromatic heterocycles. The molecule has 74 heavy (non-hydrogen) atoms. The van der Waals surface area contributed by atoms with Crippen LogP contribution in [0.1, 0.15) is 150 Å². The largest absolute Gasteiger partial charge is 0.483 e. The maximum atomic E-state index is 13.7. The Kier molecular flexibility index (Phi) is 17.4. The molecule has 7 rings (SSSR count). The third-order valence-electron chi connectivity index (χ3n) is 13.8. The number of carbonyl (C=O) groups excluding carboxylic acids is 4. The van der Waals surface area contributed by atoms with Crippen molar-refractivity contribution in [2.24, 2.45) is 0 Å². The van der Waals surface area contributed by atoms with Crippen LogP contribution in [0.3, 0.4) is 0 Å². The molecule has 6 N–H and O–H groups in total. The van der Waals surface area contributed by atoms with E-state index < -0.39 is 0 Å². The number of carbonyl (C=O) groups is 4. The van der Waals surface area contributed by atoms with Crippen molar-refractivity contribution in [1.82, 2.24) is 31.9 Å². The first-order chi connectivity index (χ1) is 34.8. The predicted molar refractivity (Wildman–Crippen MR) is 292 cm³/mol. The van der Waals surface area contributed by atoms with E-state index in [4.69, 9.17) is 18.9 Å². The fraction of sp³-hybridized carbons (Fsp3) is 0.533. The summed E-state index contributed by atoms with van der Waals surface area (Å²) in [5.74, 6) is 1.23. The maximum absolute atomic E-state index is 13.7. The SMILES string of the molecule is CC(C)(C)c1cc2c3c(c1)Cc1cc(C(C)(C)C)cc4c1OCC(=O)NCCNCCNC(=O)COc1c(cc(C(C)(C)C)cc1Cc1cc(C(C)(C)C)cc(c1OCC(=O)NCCNCCNC(=O)CO3)C2)C4. The standard InChI is InChI=1S/C60H82N6O8/c1-57(2,3)45-25-37-21-38-26-46(58(4,5)6)31-43-24-44-32-48(60(10,11)12)28-40-22-39-27-47(59(7,8)9)30-42(55(39)73-35-51(69)65-19-15-62-16-20-66-52(70)36-74-56(40)44)23-41(29-45)53(37)71-33-49(67)63-17-13-61-14-18-64-50(68)34-72-54(38)43/h25-32,61-62H,13-24,33-36H2,1-12H3,(H,63,67)(H,64,68)(H,65,69)(H,66,70). The first-order valence-electron chi connectivity index (χ1n) is 26.5. The van der Waals surface area contributed by atoms with Crippen LogP contribution in [0.2, 0.25) is 0 Å². The van der Waals surface area contributed by atoms with Crippen molar-refractivity contribution in [3.05, 3.63) is 115 Å². The molecule has 0 fully saturated rings. The molecule has 0 spiro atoms. The van der Waals surface area contributed by atoms with E-state index >= 15 is 0 Å². The second-order valence-electron chi connectivity index (χ2n) is 24.3. The van der Waals surface area contributed by atoms with Crippen LogP contribution in [0.15, 0.2) is 48.5 Å². The summed E-state index contributed by atoms with van der Waals surface area (Å²) in [4.78, 5) is 54.8. The highest BCUT2D eigenvalue weighted by Crippen LogP contribution is 2.44. The monoisotopic (exact) mass is 1010 g/mol. The molecule has 400 valence electrons. The van der Waals surface area contributed by atoms with Gasteiger partial charge in [-0.2, -0.15) is 0 Å². The van der Waals surface area contributed by atoms with E-state index in [2.05, 4.69) is 164 Å². The van der Waals surface area contributed by atoms with Crippen molar-refractivity contribution in [3.8, 4) is 23.0 Å². The molecule has 4 aromatic rings. The Morgan fingerprint density at radius 1 is 0.297 bits per heavy atom. The maximum Gasteiger partial charge on any atom is 0.257 e. The van der Waals surface area contributed by atoms with E-state index in [0.717, 1.165) is 66.8 Å². The molecule has 12 bridgehead atoms. The lowest BCUT2D eigenvalue weighted by Crippen LogP contribution is -2.39. The zero-order valence-corrected chi connectivity index (χ0v) is 46.2. The minimum atomic E-state index is -0.317. The van der Waals surface area contributed by atoms with Gasteiger partial charge in [-0.1, -0.05) is 132 Å². The van der Waals surface area contributed by atoms with E-state index in [-0.39, 0.29) is 71.7 Å². The molecule has 3 aliphatic rings. The molecule has 0 atom stereocenters. The van der Waals surface area contributed by atoms with Gasteiger partial charge in [-0.3, -0.25) is 19.2 Å². The molecule has 1 aliphatic carbocycles. The Labute approximate surface area is 439 Å². The molecule has 14 heteroatoms. The summed E-state index contributed by atoms with van der Waals surface area (Å²) >= 11 is 0. The van der Waals surface area contributed by atoms with E-state index in [1.807, 2.05) is 0 Å². The minimum Gasteiger partial charge on any atom is -0.483 e. The fourth-order valence-corrected chi connectivity index (χ4v) is 9.53. The van der Waals surface area contributed by atoms with Gasteiger partial charge in [0.15, 0.2) is 26.4 Å². The topological polar surface area (TPSA) is 177 Å². The number of rotatable bonds is 0. The van der Waals surface area contributed by atoms with Crippen molar-refractivity contribution in [1.29, 1.82) is 0 Å². The summed E-state index contributed by atoms with van der Waals surface area (Å²) in [5.41, 5.74) is 9.74. The van der Waals surface area contributed by atoms with E-state index in [1.165, 1.54) is 0 Å². The van der Waals surface area contributed by atoms with Gasteiger partial charge in [0.1, 0.15) is 23.0 Å². The Morgan fingerprint density at radius 3 is 0.635 bits per heavy atom. The Bertz CT molecular complexity index is 2360. The second kappa shape index (κ2) is 23.2. The quantitative estimate of drug-likeness (QED) is 0.0975. The first kappa shape index (κ1) is 55.6. The number of ether oxygens (including phenoxy) is 4.